The molecule has 0 aliphatic carbocycles. The average Bonchev–Trinajstić information content (AvgIpc) is 2.18. The second kappa shape index (κ2) is 3.55. The fourth-order valence-electron chi connectivity index (χ4n) is 1.88. The highest BCUT2D eigenvalue weighted by Gasteiger charge is 2.27. The standard InChI is InChI=1S/C9H19NO/c1-7-4-5-9(10(7)3)6-8(2)11/h7-9,11H,4-6H2,1-3H3. The highest BCUT2D eigenvalue weighted by atomic mass is 16.3. The number of hydrogen-bond acceptors (Lipinski definition) is 2. The highest BCUT2D eigenvalue weighted by molar-refractivity contribution is 4.83. The molecular formula is C9H19NO. The monoisotopic (exact) mass is 157 g/mol. The molecule has 1 fully saturated rings. The van der Waals surface area contributed by atoms with E-state index in [1.165, 1.54) is 12.8 Å². The predicted molar refractivity (Wildman–Crippen MR) is 46.5 cm³/mol. The van der Waals surface area contributed by atoms with Crippen molar-refractivity contribution in [1.29, 1.82) is 0 Å². The maximum absolute atomic E-state index is 9.19. The Hall–Kier alpha value is -0.0800. The van der Waals surface area contributed by atoms with E-state index in [0.29, 0.717) is 12.1 Å². The molecule has 3 unspecified atom stereocenters. The van der Waals surface area contributed by atoms with E-state index in [1.54, 1.807) is 0 Å². The van der Waals surface area contributed by atoms with Crippen LogP contribution in [0.25, 0.3) is 0 Å². The minimum Gasteiger partial charge on any atom is -0.393 e. The van der Waals surface area contributed by atoms with E-state index < -0.39 is 0 Å². The zero-order valence-electron chi connectivity index (χ0n) is 7.75. The molecule has 2 heteroatoms. The molecule has 0 bridgehead atoms. The van der Waals surface area contributed by atoms with Crippen LogP contribution >= 0.6 is 0 Å². The summed E-state index contributed by atoms with van der Waals surface area (Å²) < 4.78 is 0. The maximum Gasteiger partial charge on any atom is 0.0527 e. The lowest BCUT2D eigenvalue weighted by Gasteiger charge is -2.24. The Labute approximate surface area is 69.2 Å². The van der Waals surface area contributed by atoms with E-state index >= 15 is 0 Å². The first-order valence-corrected chi connectivity index (χ1v) is 4.51. The Balaban J connectivity index is 2.36. The Kier molecular flexibility index (Phi) is 2.90. The third-order valence-corrected chi connectivity index (χ3v) is 2.80. The molecule has 1 heterocycles. The Morgan fingerprint density at radius 3 is 2.55 bits per heavy atom. The Morgan fingerprint density at radius 2 is 2.18 bits per heavy atom. The SMILES string of the molecule is CC(O)CC1CCC(C)N1C. The largest absolute Gasteiger partial charge is 0.393 e. The van der Waals surface area contributed by atoms with Gasteiger partial charge in [0.2, 0.25) is 0 Å². The Morgan fingerprint density at radius 1 is 1.55 bits per heavy atom. The molecule has 1 rings (SSSR count). The fraction of sp³-hybridized carbons (Fsp3) is 1.00. The quantitative estimate of drug-likeness (QED) is 0.652. The molecule has 0 amide bonds. The molecule has 1 N–H and O–H groups in total. The zero-order valence-corrected chi connectivity index (χ0v) is 7.75. The zero-order chi connectivity index (χ0) is 8.43. The molecule has 1 saturated heterocycles. The predicted octanol–water partition coefficient (Wildman–Crippen LogP) is 1.24. The molecule has 0 aromatic heterocycles. The minimum absolute atomic E-state index is 0.146. The van der Waals surface area contributed by atoms with Crippen molar-refractivity contribution in [2.75, 3.05) is 7.05 Å². The van der Waals surface area contributed by atoms with Crippen LogP contribution in [-0.2, 0) is 0 Å². The lowest BCUT2D eigenvalue weighted by atomic mass is 10.1. The normalized spacial score (nSPS) is 36.0. The maximum atomic E-state index is 9.19. The van der Waals surface area contributed by atoms with Crippen LogP contribution in [0, 0.1) is 0 Å². The number of likely N-dealkylation sites (tertiary alicyclic amines) is 1. The van der Waals surface area contributed by atoms with Crippen molar-refractivity contribution in [3.05, 3.63) is 0 Å². The first kappa shape index (κ1) is 9.01. The topological polar surface area (TPSA) is 23.5 Å². The van der Waals surface area contributed by atoms with Gasteiger partial charge in [0.05, 0.1) is 6.10 Å². The van der Waals surface area contributed by atoms with Gasteiger partial charge in [-0.25, -0.2) is 0 Å². The lowest BCUT2D eigenvalue weighted by Crippen LogP contribution is -2.32. The second-order valence-corrected chi connectivity index (χ2v) is 3.83. The molecule has 11 heavy (non-hydrogen) atoms. The van der Waals surface area contributed by atoms with Crippen LogP contribution in [-0.4, -0.2) is 35.2 Å². The van der Waals surface area contributed by atoms with E-state index in [4.69, 9.17) is 0 Å². The third kappa shape index (κ3) is 2.17. The van der Waals surface area contributed by atoms with E-state index in [1.807, 2.05) is 6.92 Å². The number of hydrogen-bond donors (Lipinski definition) is 1. The lowest BCUT2D eigenvalue weighted by molar-refractivity contribution is 0.135. The molecule has 1 aliphatic heterocycles. The van der Waals surface area contributed by atoms with Crippen LogP contribution in [0.3, 0.4) is 0 Å². The molecular weight excluding hydrogens is 138 g/mol. The number of nitrogens with zero attached hydrogens (tertiary/aromatic N) is 1. The van der Waals surface area contributed by atoms with E-state index in [-0.39, 0.29) is 6.10 Å². The van der Waals surface area contributed by atoms with Gasteiger partial charge in [0.25, 0.3) is 0 Å². The highest BCUT2D eigenvalue weighted by Crippen LogP contribution is 2.24. The third-order valence-electron chi connectivity index (χ3n) is 2.80. The van der Waals surface area contributed by atoms with Crippen LogP contribution in [0.2, 0.25) is 0 Å². The molecule has 0 spiro atoms. The van der Waals surface area contributed by atoms with Crippen molar-refractivity contribution in [2.45, 2.75) is 51.3 Å². The fourth-order valence-corrected chi connectivity index (χ4v) is 1.88. The summed E-state index contributed by atoms with van der Waals surface area (Å²) in [5, 5.41) is 9.19. The van der Waals surface area contributed by atoms with Gasteiger partial charge >= 0.3 is 0 Å². The summed E-state index contributed by atoms with van der Waals surface area (Å²) in [7, 11) is 2.16. The van der Waals surface area contributed by atoms with Crippen molar-refractivity contribution in [3.8, 4) is 0 Å². The van der Waals surface area contributed by atoms with Crippen molar-refractivity contribution in [2.24, 2.45) is 0 Å². The number of aliphatic hydroxyl groups is 1. The molecule has 1 aliphatic rings. The average molecular weight is 157 g/mol. The smallest absolute Gasteiger partial charge is 0.0527 e. The molecule has 0 saturated carbocycles. The van der Waals surface area contributed by atoms with Gasteiger partial charge in [0.1, 0.15) is 0 Å². The van der Waals surface area contributed by atoms with Gasteiger partial charge in [-0.15, -0.1) is 0 Å². The van der Waals surface area contributed by atoms with Crippen molar-refractivity contribution in [3.63, 3.8) is 0 Å². The number of aliphatic hydroxyl groups excluding tert-OH is 1. The minimum atomic E-state index is -0.146. The van der Waals surface area contributed by atoms with Gasteiger partial charge in [-0.05, 0) is 40.2 Å². The van der Waals surface area contributed by atoms with Crippen molar-refractivity contribution >= 4 is 0 Å². The van der Waals surface area contributed by atoms with Crippen molar-refractivity contribution in [1.82, 2.24) is 4.90 Å². The van der Waals surface area contributed by atoms with Crippen LogP contribution in [0.5, 0.6) is 0 Å². The summed E-state index contributed by atoms with van der Waals surface area (Å²) in [6.45, 7) is 4.12. The van der Waals surface area contributed by atoms with Gasteiger partial charge < -0.3 is 10.0 Å². The molecule has 0 aromatic rings. The number of rotatable bonds is 2. The summed E-state index contributed by atoms with van der Waals surface area (Å²) in [4.78, 5) is 2.38. The summed E-state index contributed by atoms with van der Waals surface area (Å²) >= 11 is 0. The first-order valence-electron chi connectivity index (χ1n) is 4.51. The van der Waals surface area contributed by atoms with Gasteiger partial charge in [-0.1, -0.05) is 0 Å². The van der Waals surface area contributed by atoms with Crippen molar-refractivity contribution < 1.29 is 5.11 Å². The van der Waals surface area contributed by atoms with E-state index in [2.05, 4.69) is 18.9 Å². The molecule has 0 radical (unpaired) electrons. The molecule has 0 aromatic carbocycles. The summed E-state index contributed by atoms with van der Waals surface area (Å²) in [6, 6.07) is 1.32. The van der Waals surface area contributed by atoms with Gasteiger partial charge in [0.15, 0.2) is 0 Å². The van der Waals surface area contributed by atoms with Crippen LogP contribution in [0.1, 0.15) is 33.1 Å². The molecule has 3 atom stereocenters. The van der Waals surface area contributed by atoms with E-state index in [9.17, 15) is 5.11 Å². The molecule has 2 nitrogen and oxygen atoms in total. The second-order valence-electron chi connectivity index (χ2n) is 3.83. The van der Waals surface area contributed by atoms with Gasteiger partial charge in [0, 0.05) is 12.1 Å². The van der Waals surface area contributed by atoms with E-state index in [0.717, 1.165) is 6.42 Å². The summed E-state index contributed by atoms with van der Waals surface area (Å²) in [6.07, 6.45) is 3.32. The van der Waals surface area contributed by atoms with Crippen LogP contribution in [0.15, 0.2) is 0 Å². The van der Waals surface area contributed by atoms with Crippen LogP contribution in [0.4, 0.5) is 0 Å². The van der Waals surface area contributed by atoms with Gasteiger partial charge in [-0.3, -0.25) is 0 Å². The van der Waals surface area contributed by atoms with Gasteiger partial charge in [-0.2, -0.15) is 0 Å². The Bertz CT molecular complexity index is 125. The first-order chi connectivity index (χ1) is 5.11. The van der Waals surface area contributed by atoms with Crippen LogP contribution < -0.4 is 0 Å². The molecule has 66 valence electrons. The summed E-state index contributed by atoms with van der Waals surface area (Å²) in [5.74, 6) is 0. The summed E-state index contributed by atoms with van der Waals surface area (Å²) in [5.41, 5.74) is 0.